The fraction of sp³-hybridized carbons (Fsp3) is 0.364. The Balaban J connectivity index is 1.34. The van der Waals surface area contributed by atoms with Crippen molar-refractivity contribution in [1.29, 1.82) is 0 Å². The minimum atomic E-state index is 0.145. The molecule has 1 amide bonds. The van der Waals surface area contributed by atoms with E-state index in [0.717, 1.165) is 31.3 Å². The number of aromatic nitrogens is 1. The van der Waals surface area contributed by atoms with Crippen LogP contribution in [0.15, 0.2) is 48.5 Å². The van der Waals surface area contributed by atoms with Crippen molar-refractivity contribution >= 4 is 27.5 Å². The molecule has 0 saturated carbocycles. The van der Waals surface area contributed by atoms with Crippen molar-refractivity contribution in [1.82, 2.24) is 10.3 Å². The molecule has 3 aromatic rings. The highest BCUT2D eigenvalue weighted by atomic mass is 32.1. The zero-order valence-corrected chi connectivity index (χ0v) is 16.5. The van der Waals surface area contributed by atoms with Gasteiger partial charge in [0.2, 0.25) is 0 Å². The lowest BCUT2D eigenvalue weighted by Crippen LogP contribution is -3.11. The summed E-state index contributed by atoms with van der Waals surface area (Å²) < 4.78 is 1.24. The first-order chi connectivity index (χ1) is 13.2. The Kier molecular flexibility index (Phi) is 5.50. The lowest BCUT2D eigenvalue weighted by atomic mass is 10.1. The van der Waals surface area contributed by atoms with Gasteiger partial charge in [0, 0.05) is 19.4 Å². The van der Waals surface area contributed by atoms with Crippen molar-refractivity contribution in [3.63, 3.8) is 0 Å². The lowest BCUT2D eigenvalue weighted by molar-refractivity contribution is -0.910. The predicted molar refractivity (Wildman–Crippen MR) is 110 cm³/mol. The van der Waals surface area contributed by atoms with Crippen LogP contribution < -0.4 is 10.2 Å². The topological polar surface area (TPSA) is 46.4 Å². The van der Waals surface area contributed by atoms with Crippen LogP contribution in [-0.4, -0.2) is 30.5 Å². The standard InChI is InChI=1S/C22H25N3OS/c1-16-7-2-3-8-17(16)12-13-23-21(26)15-25-14-6-10-19(25)22-24-18-9-4-5-11-20(18)27-22/h2-5,7-9,11,19H,6,10,12-15H2,1H3,(H,23,26)/p+1/t19-/m1/s1. The molecule has 140 valence electrons. The lowest BCUT2D eigenvalue weighted by Gasteiger charge is -2.19. The number of carbonyl (C=O) groups excluding carboxylic acids is 1. The summed E-state index contributed by atoms with van der Waals surface area (Å²) >= 11 is 1.78. The minimum absolute atomic E-state index is 0.145. The molecule has 4 nitrogen and oxygen atoms in total. The fourth-order valence-electron chi connectivity index (χ4n) is 3.96. The van der Waals surface area contributed by atoms with Gasteiger partial charge in [-0.15, -0.1) is 11.3 Å². The van der Waals surface area contributed by atoms with Gasteiger partial charge in [-0.05, 0) is 36.6 Å². The van der Waals surface area contributed by atoms with Crippen LogP contribution in [0.3, 0.4) is 0 Å². The summed E-state index contributed by atoms with van der Waals surface area (Å²) in [6.45, 7) is 4.40. The number of hydrogen-bond donors (Lipinski definition) is 2. The van der Waals surface area contributed by atoms with E-state index >= 15 is 0 Å². The molecular weight excluding hydrogens is 354 g/mol. The predicted octanol–water partition coefficient (Wildman–Crippen LogP) is 2.68. The Morgan fingerprint density at radius 2 is 2.04 bits per heavy atom. The molecule has 1 aliphatic heterocycles. The van der Waals surface area contributed by atoms with E-state index in [1.54, 1.807) is 11.3 Å². The molecule has 0 bridgehead atoms. The van der Waals surface area contributed by atoms with Gasteiger partial charge >= 0.3 is 0 Å². The number of fused-ring (bicyclic) bond motifs is 1. The Hall–Kier alpha value is -2.24. The number of benzene rings is 2. The minimum Gasteiger partial charge on any atom is -0.351 e. The molecule has 4 rings (SSSR count). The van der Waals surface area contributed by atoms with E-state index in [-0.39, 0.29) is 5.91 Å². The van der Waals surface area contributed by atoms with Gasteiger partial charge < -0.3 is 10.2 Å². The maximum Gasteiger partial charge on any atom is 0.275 e. The van der Waals surface area contributed by atoms with Crippen LogP contribution in [0.1, 0.15) is 35.0 Å². The highest BCUT2D eigenvalue weighted by molar-refractivity contribution is 7.18. The highest BCUT2D eigenvalue weighted by Gasteiger charge is 2.33. The summed E-state index contributed by atoms with van der Waals surface area (Å²) in [4.78, 5) is 18.7. The number of carbonyl (C=O) groups is 1. The van der Waals surface area contributed by atoms with Gasteiger partial charge in [0.15, 0.2) is 11.6 Å². The highest BCUT2D eigenvalue weighted by Crippen LogP contribution is 2.28. The number of nitrogens with one attached hydrogen (secondary N) is 2. The van der Waals surface area contributed by atoms with Gasteiger partial charge in [0.05, 0.1) is 16.8 Å². The van der Waals surface area contributed by atoms with E-state index in [1.807, 2.05) is 6.07 Å². The molecular formula is C22H26N3OS+. The number of nitrogens with zero attached hydrogens (tertiary/aromatic N) is 1. The third kappa shape index (κ3) is 4.20. The van der Waals surface area contributed by atoms with Gasteiger partial charge in [-0.1, -0.05) is 36.4 Å². The quantitative estimate of drug-likeness (QED) is 0.691. The van der Waals surface area contributed by atoms with Gasteiger partial charge in [0.25, 0.3) is 5.91 Å². The Labute approximate surface area is 164 Å². The molecule has 1 saturated heterocycles. The SMILES string of the molecule is Cc1ccccc1CCNC(=O)C[NH+]1CCC[C@@H]1c1nc2ccccc2s1. The van der Waals surface area contributed by atoms with Crippen LogP contribution in [-0.2, 0) is 11.2 Å². The van der Waals surface area contributed by atoms with Crippen LogP contribution in [0.4, 0.5) is 0 Å². The van der Waals surface area contributed by atoms with Crippen molar-refractivity contribution in [2.24, 2.45) is 0 Å². The Morgan fingerprint density at radius 3 is 2.89 bits per heavy atom. The summed E-state index contributed by atoms with van der Waals surface area (Å²) in [5.41, 5.74) is 3.66. The Morgan fingerprint density at radius 1 is 1.22 bits per heavy atom. The maximum atomic E-state index is 12.5. The van der Waals surface area contributed by atoms with Crippen LogP contribution >= 0.6 is 11.3 Å². The van der Waals surface area contributed by atoms with Crippen LogP contribution in [0, 0.1) is 6.92 Å². The Bertz CT molecular complexity index is 903. The summed E-state index contributed by atoms with van der Waals surface area (Å²) in [6, 6.07) is 17.0. The van der Waals surface area contributed by atoms with Crippen LogP contribution in [0.25, 0.3) is 10.2 Å². The second-order valence-corrected chi connectivity index (χ2v) is 8.39. The second-order valence-electron chi connectivity index (χ2n) is 7.33. The number of quaternary nitrogens is 1. The third-order valence-electron chi connectivity index (χ3n) is 5.46. The summed E-state index contributed by atoms with van der Waals surface area (Å²) in [5.74, 6) is 0.145. The van der Waals surface area contributed by atoms with Crippen molar-refractivity contribution in [3.05, 3.63) is 64.7 Å². The number of amides is 1. The first-order valence-electron chi connectivity index (χ1n) is 9.72. The number of para-hydroxylation sites is 1. The first kappa shape index (κ1) is 18.1. The van der Waals surface area contributed by atoms with Crippen LogP contribution in [0.5, 0.6) is 0 Å². The van der Waals surface area contributed by atoms with Gasteiger partial charge in [-0.3, -0.25) is 4.79 Å². The molecule has 1 unspecified atom stereocenters. The largest absolute Gasteiger partial charge is 0.351 e. The average molecular weight is 381 g/mol. The molecule has 2 atom stereocenters. The van der Waals surface area contributed by atoms with Gasteiger partial charge in [-0.25, -0.2) is 4.98 Å². The zero-order chi connectivity index (χ0) is 18.6. The summed E-state index contributed by atoms with van der Waals surface area (Å²) in [7, 11) is 0. The number of hydrogen-bond acceptors (Lipinski definition) is 3. The normalized spacial score (nSPS) is 19.4. The van der Waals surface area contributed by atoms with E-state index in [1.165, 1.54) is 25.7 Å². The zero-order valence-electron chi connectivity index (χ0n) is 15.7. The number of likely N-dealkylation sites (tertiary alicyclic amines) is 1. The van der Waals surface area contributed by atoms with E-state index in [0.29, 0.717) is 19.1 Å². The van der Waals surface area contributed by atoms with E-state index in [2.05, 4.69) is 54.7 Å². The van der Waals surface area contributed by atoms with Gasteiger partial charge in [-0.2, -0.15) is 0 Å². The number of rotatable bonds is 6. The van der Waals surface area contributed by atoms with Crippen molar-refractivity contribution in [2.45, 2.75) is 32.2 Å². The smallest absolute Gasteiger partial charge is 0.275 e. The monoisotopic (exact) mass is 380 g/mol. The maximum absolute atomic E-state index is 12.5. The average Bonchev–Trinajstić information content (AvgIpc) is 3.29. The van der Waals surface area contributed by atoms with E-state index in [4.69, 9.17) is 4.98 Å². The van der Waals surface area contributed by atoms with Crippen molar-refractivity contribution in [3.8, 4) is 0 Å². The third-order valence-corrected chi connectivity index (χ3v) is 6.61. The van der Waals surface area contributed by atoms with Crippen LogP contribution in [0.2, 0.25) is 0 Å². The summed E-state index contributed by atoms with van der Waals surface area (Å²) in [5, 5.41) is 4.28. The van der Waals surface area contributed by atoms with Crippen molar-refractivity contribution in [2.75, 3.05) is 19.6 Å². The molecule has 1 fully saturated rings. The molecule has 1 aliphatic rings. The fourth-order valence-corrected chi connectivity index (χ4v) is 5.12. The molecule has 2 N–H and O–H groups in total. The molecule has 0 aliphatic carbocycles. The van der Waals surface area contributed by atoms with Gasteiger partial charge in [0.1, 0.15) is 6.04 Å². The summed E-state index contributed by atoms with van der Waals surface area (Å²) in [6.07, 6.45) is 3.16. The molecule has 2 aromatic carbocycles. The van der Waals surface area contributed by atoms with E-state index < -0.39 is 0 Å². The first-order valence-corrected chi connectivity index (χ1v) is 10.5. The molecule has 5 heteroatoms. The van der Waals surface area contributed by atoms with E-state index in [9.17, 15) is 4.79 Å². The van der Waals surface area contributed by atoms with Crippen molar-refractivity contribution < 1.29 is 9.69 Å². The molecule has 0 radical (unpaired) electrons. The molecule has 2 heterocycles. The second kappa shape index (κ2) is 8.19. The number of aryl methyl sites for hydroxylation is 1. The number of thiazole rings is 1. The molecule has 0 spiro atoms. The molecule has 1 aromatic heterocycles. The molecule has 27 heavy (non-hydrogen) atoms.